The maximum atomic E-state index is 12.5. The van der Waals surface area contributed by atoms with E-state index in [0.29, 0.717) is 4.90 Å². The van der Waals surface area contributed by atoms with Crippen molar-refractivity contribution in [1.29, 1.82) is 0 Å². The first-order valence-electron chi connectivity index (χ1n) is 7.11. The average molecular weight is 392 g/mol. The molecule has 2 amide bonds. The fraction of sp³-hybridized carbons (Fsp3) is 0.357. The number of non-ortho nitro benzene ring substituents is 1. The van der Waals surface area contributed by atoms with Crippen molar-refractivity contribution in [2.24, 2.45) is 0 Å². The summed E-state index contributed by atoms with van der Waals surface area (Å²) in [4.78, 5) is 46.7. The molecule has 1 aliphatic heterocycles. The molecule has 1 heterocycles. The van der Waals surface area contributed by atoms with E-state index >= 15 is 0 Å². The lowest BCUT2D eigenvalue weighted by Crippen LogP contribution is -2.44. The van der Waals surface area contributed by atoms with Gasteiger partial charge in [0.1, 0.15) is 0 Å². The van der Waals surface area contributed by atoms with Gasteiger partial charge in [-0.05, 0) is 17.8 Å². The van der Waals surface area contributed by atoms with Crippen molar-refractivity contribution in [3.8, 4) is 0 Å². The highest BCUT2D eigenvalue weighted by atomic mass is 32.2. The van der Waals surface area contributed by atoms with Gasteiger partial charge in [-0.1, -0.05) is 6.92 Å². The van der Waals surface area contributed by atoms with Crippen LogP contribution in [0.3, 0.4) is 0 Å². The van der Waals surface area contributed by atoms with Crippen LogP contribution in [-0.2, 0) is 9.53 Å². The first kappa shape index (κ1) is 19.7. The van der Waals surface area contributed by atoms with E-state index in [9.17, 15) is 37.7 Å². The minimum Gasteiger partial charge on any atom is -0.440 e. The fourth-order valence-electron chi connectivity index (χ4n) is 2.18. The van der Waals surface area contributed by atoms with Crippen molar-refractivity contribution in [1.82, 2.24) is 4.90 Å². The van der Waals surface area contributed by atoms with Crippen LogP contribution < -0.4 is 0 Å². The molecule has 12 heteroatoms. The van der Waals surface area contributed by atoms with Crippen LogP contribution in [0.5, 0.6) is 0 Å². The molecule has 0 radical (unpaired) electrons. The molecule has 26 heavy (non-hydrogen) atoms. The molecule has 0 saturated carbocycles. The van der Waals surface area contributed by atoms with Gasteiger partial charge >= 0.3 is 11.5 Å². The summed E-state index contributed by atoms with van der Waals surface area (Å²) in [6, 6.07) is 2.87. The van der Waals surface area contributed by atoms with Crippen LogP contribution in [0.15, 0.2) is 18.2 Å². The molecular weight excluding hydrogens is 381 g/mol. The number of hydrogen-bond acceptors (Lipinski definition) is 7. The number of hydrogen-bond donors (Lipinski definition) is 0. The highest BCUT2D eigenvalue weighted by Gasteiger charge is 2.44. The van der Waals surface area contributed by atoms with Crippen molar-refractivity contribution in [2.45, 2.75) is 25.1 Å². The normalized spacial score (nSPS) is 15.0. The summed E-state index contributed by atoms with van der Waals surface area (Å²) in [6.07, 6.45) is -1.97. The lowest BCUT2D eigenvalue weighted by Gasteiger charge is -2.25. The van der Waals surface area contributed by atoms with Crippen LogP contribution in [0.2, 0.25) is 0 Å². The van der Waals surface area contributed by atoms with Crippen LogP contribution in [-0.4, -0.2) is 45.1 Å². The van der Waals surface area contributed by atoms with Gasteiger partial charge in [0.05, 0.1) is 21.8 Å². The summed E-state index contributed by atoms with van der Waals surface area (Å²) < 4.78 is 42.3. The Morgan fingerprint density at radius 3 is 2.46 bits per heavy atom. The van der Waals surface area contributed by atoms with Crippen molar-refractivity contribution in [3.05, 3.63) is 39.4 Å². The Bertz CT molecular complexity index is 782. The van der Waals surface area contributed by atoms with Crippen molar-refractivity contribution < 1.29 is 37.2 Å². The Labute approximate surface area is 148 Å². The number of nitrogens with zero attached hydrogens (tertiary/aromatic N) is 2. The second-order valence-corrected chi connectivity index (χ2v) is 6.11. The van der Waals surface area contributed by atoms with Gasteiger partial charge in [0.15, 0.2) is 6.23 Å². The highest BCUT2D eigenvalue weighted by molar-refractivity contribution is 8.00. The van der Waals surface area contributed by atoms with Gasteiger partial charge in [0.25, 0.3) is 17.5 Å². The second kappa shape index (κ2) is 7.32. The topological polar surface area (TPSA) is 107 Å². The molecule has 0 aromatic heterocycles. The predicted molar refractivity (Wildman–Crippen MR) is 82.3 cm³/mol. The molecule has 0 spiro atoms. The van der Waals surface area contributed by atoms with Gasteiger partial charge in [-0.3, -0.25) is 24.5 Å². The quantitative estimate of drug-likeness (QED) is 0.317. The number of carbonyl (C=O) groups excluding carboxylic acids is 3. The van der Waals surface area contributed by atoms with Gasteiger partial charge in [-0.2, -0.15) is 13.2 Å². The molecule has 2 rings (SSSR count). The van der Waals surface area contributed by atoms with Crippen molar-refractivity contribution in [2.75, 3.05) is 5.75 Å². The molecule has 1 aromatic rings. The van der Waals surface area contributed by atoms with Gasteiger partial charge in [0, 0.05) is 18.6 Å². The number of halogens is 3. The van der Waals surface area contributed by atoms with E-state index in [4.69, 9.17) is 4.74 Å². The minimum absolute atomic E-state index is 0.179. The average Bonchev–Trinajstić information content (AvgIpc) is 2.81. The van der Waals surface area contributed by atoms with E-state index in [1.54, 1.807) is 0 Å². The number of ether oxygens (including phenoxy) is 1. The monoisotopic (exact) mass is 392 g/mol. The first-order valence-corrected chi connectivity index (χ1v) is 8.10. The number of nitro groups is 1. The summed E-state index contributed by atoms with van der Waals surface area (Å²) in [6.45, 7) is 1.39. The number of nitro benzene ring substituents is 1. The van der Waals surface area contributed by atoms with Gasteiger partial charge in [-0.25, -0.2) is 4.90 Å². The molecule has 140 valence electrons. The minimum atomic E-state index is -4.67. The maximum absolute atomic E-state index is 12.5. The largest absolute Gasteiger partial charge is 0.442 e. The lowest BCUT2D eigenvalue weighted by molar-refractivity contribution is -0.384. The van der Waals surface area contributed by atoms with E-state index in [-0.39, 0.29) is 17.5 Å². The molecule has 1 atom stereocenters. The maximum Gasteiger partial charge on any atom is 0.442 e. The smallest absolute Gasteiger partial charge is 0.440 e. The number of benzene rings is 1. The van der Waals surface area contributed by atoms with E-state index < -0.39 is 57.6 Å². The van der Waals surface area contributed by atoms with E-state index in [1.807, 2.05) is 0 Å². The zero-order valence-corrected chi connectivity index (χ0v) is 13.9. The molecular formula is C14H11F3N2O6S. The molecule has 0 aliphatic carbocycles. The number of alkyl halides is 3. The van der Waals surface area contributed by atoms with Crippen molar-refractivity contribution >= 4 is 35.2 Å². The fourth-order valence-corrected chi connectivity index (χ4v) is 2.73. The Morgan fingerprint density at radius 1 is 1.31 bits per heavy atom. The third kappa shape index (κ3) is 4.12. The molecule has 1 unspecified atom stereocenters. The number of esters is 1. The van der Waals surface area contributed by atoms with Gasteiger partial charge < -0.3 is 4.74 Å². The summed E-state index contributed by atoms with van der Waals surface area (Å²) in [5.74, 6) is -3.87. The molecule has 1 aromatic carbocycles. The van der Waals surface area contributed by atoms with Gasteiger partial charge in [0.2, 0.25) is 0 Å². The molecule has 0 bridgehead atoms. The van der Waals surface area contributed by atoms with Crippen LogP contribution >= 0.6 is 11.8 Å². The lowest BCUT2D eigenvalue weighted by atomic mass is 10.1. The molecule has 0 saturated heterocycles. The number of amides is 2. The summed E-state index contributed by atoms with van der Waals surface area (Å²) in [7, 11) is 0. The number of imide groups is 1. The highest BCUT2D eigenvalue weighted by Crippen LogP contribution is 2.34. The van der Waals surface area contributed by atoms with Crippen molar-refractivity contribution in [3.63, 3.8) is 0 Å². The second-order valence-electron chi connectivity index (χ2n) is 5.02. The standard InChI is InChI=1S/C14H11F3N2O6S/c1-2-11(20)25-10(6-26-14(15,16)17)18-12(21)8-4-3-7(19(23)24)5-9(8)13(18)22/h3-5,10H,2,6H2,1H3. The van der Waals surface area contributed by atoms with Crippen LogP contribution in [0, 0.1) is 10.1 Å². The summed E-state index contributed by atoms with van der Waals surface area (Å²) in [5, 5.41) is 10.8. The Hall–Kier alpha value is -2.63. The summed E-state index contributed by atoms with van der Waals surface area (Å²) >= 11 is -0.560. The van der Waals surface area contributed by atoms with E-state index in [2.05, 4.69) is 0 Å². The number of carbonyl (C=O) groups is 3. The molecule has 0 fully saturated rings. The third-order valence-corrected chi connectivity index (χ3v) is 4.13. The third-order valence-electron chi connectivity index (χ3n) is 3.35. The molecule has 0 N–H and O–H groups in total. The number of fused-ring (bicyclic) bond motifs is 1. The number of rotatable bonds is 6. The Morgan fingerprint density at radius 2 is 1.92 bits per heavy atom. The Kier molecular flexibility index (Phi) is 5.54. The summed E-state index contributed by atoms with van der Waals surface area (Å²) in [5.41, 5.74) is -5.68. The van der Waals surface area contributed by atoms with E-state index in [0.717, 1.165) is 18.2 Å². The number of thioether (sulfide) groups is 1. The Balaban J connectivity index is 2.35. The van der Waals surface area contributed by atoms with Crippen LogP contribution in [0.1, 0.15) is 34.1 Å². The van der Waals surface area contributed by atoms with E-state index in [1.165, 1.54) is 6.92 Å². The van der Waals surface area contributed by atoms with Gasteiger partial charge in [-0.15, -0.1) is 0 Å². The van der Waals surface area contributed by atoms with Crippen LogP contribution in [0.25, 0.3) is 0 Å². The molecule has 8 nitrogen and oxygen atoms in total. The SMILES string of the molecule is CCC(=O)OC(CSC(F)(F)F)N1C(=O)c2ccc([N+](=O)[O-])cc2C1=O. The van der Waals surface area contributed by atoms with Crippen LogP contribution in [0.4, 0.5) is 18.9 Å². The first-order chi connectivity index (χ1) is 12.0. The zero-order chi connectivity index (χ0) is 19.6. The predicted octanol–water partition coefficient (Wildman–Crippen LogP) is 2.72. The molecule has 1 aliphatic rings. The zero-order valence-electron chi connectivity index (χ0n) is 13.1.